The van der Waals surface area contributed by atoms with Gasteiger partial charge in [-0.2, -0.15) is 0 Å². The molecule has 20 heavy (non-hydrogen) atoms. The van der Waals surface area contributed by atoms with Crippen molar-refractivity contribution in [1.29, 1.82) is 0 Å². The molecule has 1 aromatic rings. The van der Waals surface area contributed by atoms with E-state index in [9.17, 15) is 4.79 Å². The lowest BCUT2D eigenvalue weighted by Crippen LogP contribution is -2.34. The van der Waals surface area contributed by atoms with Crippen molar-refractivity contribution < 1.29 is 4.79 Å². The highest BCUT2D eigenvalue weighted by molar-refractivity contribution is 6.29. The topological polar surface area (TPSA) is 42.0 Å². The highest BCUT2D eigenvalue weighted by atomic mass is 35.5. The molecule has 1 saturated carbocycles. The molecule has 1 aromatic heterocycles. The second kappa shape index (κ2) is 7.63. The number of aromatic nitrogens is 1. The van der Waals surface area contributed by atoms with E-state index in [0.717, 1.165) is 31.4 Å². The van der Waals surface area contributed by atoms with E-state index >= 15 is 0 Å². The average Bonchev–Trinajstić information content (AvgIpc) is 2.67. The Morgan fingerprint density at radius 1 is 1.30 bits per heavy atom. The van der Waals surface area contributed by atoms with Gasteiger partial charge in [0.1, 0.15) is 5.15 Å². The summed E-state index contributed by atoms with van der Waals surface area (Å²) in [6, 6.07) is 3.83. The van der Waals surface area contributed by atoms with Gasteiger partial charge in [0.05, 0.1) is 0 Å². The van der Waals surface area contributed by atoms with Crippen molar-refractivity contribution >= 4 is 17.5 Å². The quantitative estimate of drug-likeness (QED) is 0.670. The maximum absolute atomic E-state index is 12.3. The van der Waals surface area contributed by atoms with E-state index in [4.69, 9.17) is 11.6 Å². The van der Waals surface area contributed by atoms with E-state index in [1.54, 1.807) is 6.07 Å². The van der Waals surface area contributed by atoms with Crippen LogP contribution in [0.25, 0.3) is 0 Å². The van der Waals surface area contributed by atoms with E-state index in [2.05, 4.69) is 17.2 Å². The van der Waals surface area contributed by atoms with Gasteiger partial charge in [0.15, 0.2) is 0 Å². The second-order valence-corrected chi connectivity index (χ2v) is 5.97. The Morgan fingerprint density at radius 2 is 2.00 bits per heavy atom. The maximum Gasteiger partial charge on any atom is 0.251 e. The smallest absolute Gasteiger partial charge is 0.251 e. The van der Waals surface area contributed by atoms with Crippen LogP contribution in [0, 0.1) is 0 Å². The Bertz CT molecular complexity index is 454. The van der Waals surface area contributed by atoms with Crippen molar-refractivity contribution in [3.63, 3.8) is 0 Å². The van der Waals surface area contributed by atoms with Gasteiger partial charge in [0, 0.05) is 17.3 Å². The number of carbonyl (C=O) groups excluding carboxylic acids is 1. The minimum absolute atomic E-state index is 0.0152. The molecule has 0 aliphatic heterocycles. The molecule has 1 fully saturated rings. The molecule has 0 spiro atoms. The molecule has 1 amide bonds. The van der Waals surface area contributed by atoms with E-state index in [0.29, 0.717) is 16.8 Å². The molecular formula is C16H23ClN2O. The van der Waals surface area contributed by atoms with Crippen molar-refractivity contribution in [2.75, 3.05) is 0 Å². The molecule has 3 nitrogen and oxygen atoms in total. The summed E-state index contributed by atoms with van der Waals surface area (Å²) < 4.78 is 0. The number of hydrogen-bond acceptors (Lipinski definition) is 2. The Morgan fingerprint density at radius 3 is 2.65 bits per heavy atom. The van der Waals surface area contributed by atoms with Crippen LogP contribution < -0.4 is 5.32 Å². The summed E-state index contributed by atoms with van der Waals surface area (Å²) in [4.78, 5) is 16.6. The number of pyridine rings is 1. The third kappa shape index (κ3) is 4.48. The molecule has 1 heterocycles. The monoisotopic (exact) mass is 294 g/mol. The zero-order chi connectivity index (χ0) is 14.4. The van der Waals surface area contributed by atoms with Crippen LogP contribution >= 0.6 is 11.6 Å². The predicted molar refractivity (Wildman–Crippen MR) is 82.2 cm³/mol. The van der Waals surface area contributed by atoms with Crippen LogP contribution in [0.1, 0.15) is 67.9 Å². The highest BCUT2D eigenvalue weighted by Gasteiger charge is 2.16. The third-order valence-electron chi connectivity index (χ3n) is 3.81. The van der Waals surface area contributed by atoms with Crippen molar-refractivity contribution in [1.82, 2.24) is 10.3 Å². The minimum Gasteiger partial charge on any atom is -0.349 e. The first-order valence-corrected chi connectivity index (χ1v) is 8.04. The number of aryl methyl sites for hydroxylation is 1. The second-order valence-electron chi connectivity index (χ2n) is 5.58. The van der Waals surface area contributed by atoms with Crippen LogP contribution in [0.2, 0.25) is 5.15 Å². The fourth-order valence-corrected chi connectivity index (χ4v) is 2.99. The Balaban J connectivity index is 2.04. The Kier molecular flexibility index (Phi) is 5.84. The number of rotatable bonds is 4. The molecule has 1 aliphatic carbocycles. The number of nitrogens with one attached hydrogen (secondary N) is 1. The number of carbonyl (C=O) groups is 1. The molecule has 4 heteroatoms. The van der Waals surface area contributed by atoms with E-state index in [1.807, 2.05) is 6.07 Å². The molecule has 1 aliphatic rings. The van der Waals surface area contributed by atoms with E-state index < -0.39 is 0 Å². The van der Waals surface area contributed by atoms with Gasteiger partial charge in [-0.1, -0.05) is 50.6 Å². The van der Waals surface area contributed by atoms with Crippen LogP contribution in [-0.4, -0.2) is 16.9 Å². The number of nitrogens with zero attached hydrogens (tertiary/aromatic N) is 1. The van der Waals surface area contributed by atoms with E-state index in [1.165, 1.54) is 25.7 Å². The molecule has 0 radical (unpaired) electrons. The summed E-state index contributed by atoms with van der Waals surface area (Å²) in [5.41, 5.74) is 1.53. The molecule has 1 N–H and O–H groups in total. The van der Waals surface area contributed by atoms with Crippen LogP contribution in [0.3, 0.4) is 0 Å². The number of hydrogen-bond donors (Lipinski definition) is 1. The molecule has 110 valence electrons. The average molecular weight is 295 g/mol. The number of amides is 1. The van der Waals surface area contributed by atoms with Crippen molar-refractivity contribution in [2.45, 2.75) is 64.3 Å². The lowest BCUT2D eigenvalue weighted by molar-refractivity contribution is 0.0933. The van der Waals surface area contributed by atoms with Gasteiger partial charge in [-0.25, -0.2) is 4.98 Å². The standard InChI is InChI=1S/C16H23ClN2O/c1-2-7-14-10-12(11-15(17)18-14)16(20)19-13-8-5-3-4-6-9-13/h10-11,13H,2-9H2,1H3,(H,19,20). The van der Waals surface area contributed by atoms with Gasteiger partial charge in [-0.15, -0.1) is 0 Å². The van der Waals surface area contributed by atoms with Gasteiger partial charge >= 0.3 is 0 Å². The molecular weight excluding hydrogens is 272 g/mol. The SMILES string of the molecule is CCCc1cc(C(=O)NC2CCCCCC2)cc(Cl)n1. The van der Waals surface area contributed by atoms with Crippen molar-refractivity contribution in [3.05, 3.63) is 28.5 Å². The normalized spacial score (nSPS) is 16.7. The summed E-state index contributed by atoms with van der Waals surface area (Å²) in [7, 11) is 0. The summed E-state index contributed by atoms with van der Waals surface area (Å²) in [6.07, 6.45) is 9.02. The largest absolute Gasteiger partial charge is 0.349 e. The van der Waals surface area contributed by atoms with Gasteiger partial charge in [0.25, 0.3) is 5.91 Å². The van der Waals surface area contributed by atoms with Gasteiger partial charge in [0.2, 0.25) is 0 Å². The summed E-state index contributed by atoms with van der Waals surface area (Å²) in [5, 5.41) is 3.55. The van der Waals surface area contributed by atoms with Crippen LogP contribution in [0.15, 0.2) is 12.1 Å². The first-order chi connectivity index (χ1) is 9.69. The highest BCUT2D eigenvalue weighted by Crippen LogP contribution is 2.18. The maximum atomic E-state index is 12.3. The molecule has 0 aromatic carbocycles. The Hall–Kier alpha value is -1.09. The van der Waals surface area contributed by atoms with Gasteiger partial charge < -0.3 is 5.32 Å². The first kappa shape index (κ1) is 15.3. The lowest BCUT2D eigenvalue weighted by atomic mass is 10.1. The Labute approximate surface area is 126 Å². The first-order valence-electron chi connectivity index (χ1n) is 7.66. The van der Waals surface area contributed by atoms with Crippen molar-refractivity contribution in [2.24, 2.45) is 0 Å². The fraction of sp³-hybridized carbons (Fsp3) is 0.625. The van der Waals surface area contributed by atoms with Crippen molar-refractivity contribution in [3.8, 4) is 0 Å². The van der Waals surface area contributed by atoms with Crippen LogP contribution in [0.5, 0.6) is 0 Å². The van der Waals surface area contributed by atoms with Gasteiger partial charge in [-0.05, 0) is 31.4 Å². The molecule has 0 saturated heterocycles. The zero-order valence-electron chi connectivity index (χ0n) is 12.1. The third-order valence-corrected chi connectivity index (χ3v) is 4.00. The van der Waals surface area contributed by atoms with Crippen LogP contribution in [-0.2, 0) is 6.42 Å². The molecule has 2 rings (SSSR count). The zero-order valence-corrected chi connectivity index (χ0v) is 12.9. The van der Waals surface area contributed by atoms with Crippen LogP contribution in [0.4, 0.5) is 0 Å². The summed E-state index contributed by atoms with van der Waals surface area (Å²) >= 11 is 6.01. The number of halogens is 1. The molecule has 0 unspecified atom stereocenters. The molecule has 0 bridgehead atoms. The van der Waals surface area contributed by atoms with Gasteiger partial charge in [-0.3, -0.25) is 4.79 Å². The molecule has 0 atom stereocenters. The van der Waals surface area contributed by atoms with E-state index in [-0.39, 0.29) is 5.91 Å². The summed E-state index contributed by atoms with van der Waals surface area (Å²) in [5.74, 6) is -0.0152. The summed E-state index contributed by atoms with van der Waals surface area (Å²) in [6.45, 7) is 2.09. The lowest BCUT2D eigenvalue weighted by Gasteiger charge is -2.16. The fourth-order valence-electron chi connectivity index (χ4n) is 2.76. The minimum atomic E-state index is -0.0152. The predicted octanol–water partition coefficient (Wildman–Crippen LogP) is 4.14.